The van der Waals surface area contributed by atoms with Crippen molar-refractivity contribution in [1.29, 1.82) is 0 Å². The van der Waals surface area contributed by atoms with Crippen LogP contribution in [0.15, 0.2) is 55.1 Å². The molecule has 0 aliphatic rings. The summed E-state index contributed by atoms with van der Waals surface area (Å²) in [4.78, 5) is 21.4. The summed E-state index contributed by atoms with van der Waals surface area (Å²) in [5.41, 5.74) is 3.29. The highest BCUT2D eigenvalue weighted by Crippen LogP contribution is 2.27. The summed E-state index contributed by atoms with van der Waals surface area (Å²) in [5, 5.41) is 11.3. The number of fused-ring (bicyclic) bond motifs is 1. The molecule has 164 valence electrons. The van der Waals surface area contributed by atoms with Crippen LogP contribution in [0.1, 0.15) is 28.4 Å². The van der Waals surface area contributed by atoms with Gasteiger partial charge in [0.2, 0.25) is 0 Å². The number of hydrogen-bond donors (Lipinski definition) is 2. The first-order valence-corrected chi connectivity index (χ1v) is 10.2. The minimum absolute atomic E-state index is 0.181. The number of nitrogens with zero attached hydrogens (tertiary/aromatic N) is 4. The molecule has 0 radical (unpaired) electrons. The maximum absolute atomic E-state index is 14.1. The molecule has 2 N–H and O–H groups in total. The standard InChI is InChI=1S/C23H23FN6O2/c1-3-30-22-17(14-29-30)21(26-12-16-4-5-20(32-2)19(24)10-16)18(13-27-22)23(31)28-11-15-6-8-25-9-7-15/h4-10,13-14H,3,11-12H2,1-2H3,(H,26,27)(H,28,31). The summed E-state index contributed by atoms with van der Waals surface area (Å²) < 4.78 is 20.8. The first-order valence-electron chi connectivity index (χ1n) is 10.2. The van der Waals surface area contributed by atoms with Crippen LogP contribution in [0.4, 0.5) is 10.1 Å². The number of nitrogens with one attached hydrogen (secondary N) is 2. The third-order valence-corrected chi connectivity index (χ3v) is 5.10. The van der Waals surface area contributed by atoms with Crippen LogP contribution in [0, 0.1) is 5.82 Å². The van der Waals surface area contributed by atoms with Crippen LogP contribution in [0.25, 0.3) is 11.0 Å². The number of hydrogen-bond acceptors (Lipinski definition) is 6. The Morgan fingerprint density at radius 1 is 1.12 bits per heavy atom. The molecule has 0 unspecified atom stereocenters. The van der Waals surface area contributed by atoms with Gasteiger partial charge < -0.3 is 15.4 Å². The lowest BCUT2D eigenvalue weighted by atomic mass is 10.1. The Morgan fingerprint density at radius 3 is 2.66 bits per heavy atom. The van der Waals surface area contributed by atoms with Gasteiger partial charge in [0.25, 0.3) is 5.91 Å². The number of rotatable bonds is 8. The summed E-state index contributed by atoms with van der Waals surface area (Å²) in [6, 6.07) is 8.43. The van der Waals surface area contributed by atoms with Gasteiger partial charge in [-0.05, 0) is 42.3 Å². The summed E-state index contributed by atoms with van der Waals surface area (Å²) in [7, 11) is 1.42. The Kier molecular flexibility index (Phi) is 6.25. The van der Waals surface area contributed by atoms with Gasteiger partial charge in [0.15, 0.2) is 17.2 Å². The number of aromatic nitrogens is 4. The van der Waals surface area contributed by atoms with Crippen LogP contribution in [0.3, 0.4) is 0 Å². The minimum Gasteiger partial charge on any atom is -0.494 e. The van der Waals surface area contributed by atoms with E-state index in [-0.39, 0.29) is 11.7 Å². The maximum atomic E-state index is 14.1. The second-order valence-electron chi connectivity index (χ2n) is 7.11. The van der Waals surface area contributed by atoms with E-state index in [1.807, 2.05) is 19.1 Å². The summed E-state index contributed by atoms with van der Waals surface area (Å²) in [6.07, 6.45) is 6.57. The van der Waals surface area contributed by atoms with Crippen molar-refractivity contribution in [3.05, 3.63) is 77.6 Å². The second kappa shape index (κ2) is 9.42. The van der Waals surface area contributed by atoms with E-state index in [1.165, 1.54) is 19.4 Å². The van der Waals surface area contributed by atoms with E-state index in [0.717, 1.165) is 10.9 Å². The number of carbonyl (C=O) groups excluding carboxylic acids is 1. The molecule has 1 amide bonds. The van der Waals surface area contributed by atoms with E-state index in [2.05, 4.69) is 25.7 Å². The van der Waals surface area contributed by atoms with Crippen molar-refractivity contribution in [2.24, 2.45) is 0 Å². The fourth-order valence-electron chi connectivity index (χ4n) is 3.41. The number of pyridine rings is 2. The fourth-order valence-corrected chi connectivity index (χ4v) is 3.41. The van der Waals surface area contributed by atoms with E-state index < -0.39 is 5.82 Å². The molecule has 4 aromatic rings. The Bertz CT molecular complexity index is 1240. The maximum Gasteiger partial charge on any atom is 0.255 e. The first-order chi connectivity index (χ1) is 15.6. The average molecular weight is 434 g/mol. The molecule has 0 saturated heterocycles. The van der Waals surface area contributed by atoms with Gasteiger partial charge >= 0.3 is 0 Å². The number of ether oxygens (including phenoxy) is 1. The molecule has 3 heterocycles. The molecule has 0 aliphatic carbocycles. The molecule has 32 heavy (non-hydrogen) atoms. The largest absolute Gasteiger partial charge is 0.494 e. The van der Waals surface area contributed by atoms with Crippen LogP contribution < -0.4 is 15.4 Å². The zero-order chi connectivity index (χ0) is 22.5. The van der Waals surface area contributed by atoms with E-state index in [0.29, 0.717) is 42.1 Å². The van der Waals surface area contributed by atoms with Gasteiger partial charge in [-0.15, -0.1) is 0 Å². The Labute approximate surface area is 184 Å². The Morgan fingerprint density at radius 2 is 1.94 bits per heavy atom. The molecule has 3 aromatic heterocycles. The number of aryl methyl sites for hydroxylation is 1. The van der Waals surface area contributed by atoms with Crippen molar-refractivity contribution < 1.29 is 13.9 Å². The quantitative estimate of drug-likeness (QED) is 0.441. The van der Waals surface area contributed by atoms with Crippen molar-refractivity contribution in [2.75, 3.05) is 12.4 Å². The molecule has 0 bridgehead atoms. The zero-order valence-electron chi connectivity index (χ0n) is 17.8. The number of anilines is 1. The van der Waals surface area contributed by atoms with Crippen molar-refractivity contribution in [3.63, 3.8) is 0 Å². The molecule has 0 fully saturated rings. The van der Waals surface area contributed by atoms with Crippen molar-refractivity contribution in [1.82, 2.24) is 25.1 Å². The second-order valence-corrected chi connectivity index (χ2v) is 7.11. The molecular weight excluding hydrogens is 411 g/mol. The number of carbonyl (C=O) groups is 1. The third kappa shape index (κ3) is 4.36. The number of halogens is 1. The third-order valence-electron chi connectivity index (χ3n) is 5.10. The highest BCUT2D eigenvalue weighted by molar-refractivity contribution is 6.06. The number of amides is 1. The molecular formula is C23H23FN6O2. The van der Waals surface area contributed by atoms with Crippen LogP contribution in [0.5, 0.6) is 5.75 Å². The fraction of sp³-hybridized carbons (Fsp3) is 0.217. The van der Waals surface area contributed by atoms with E-state index >= 15 is 0 Å². The summed E-state index contributed by atoms with van der Waals surface area (Å²) >= 11 is 0. The smallest absolute Gasteiger partial charge is 0.255 e. The average Bonchev–Trinajstić information content (AvgIpc) is 3.25. The molecule has 4 rings (SSSR count). The molecule has 0 aliphatic heterocycles. The molecule has 0 spiro atoms. The Hall–Kier alpha value is -4.01. The van der Waals surface area contributed by atoms with Gasteiger partial charge in [0.1, 0.15) is 0 Å². The molecule has 0 atom stereocenters. The predicted molar refractivity (Wildman–Crippen MR) is 119 cm³/mol. The van der Waals surface area contributed by atoms with Gasteiger partial charge in [0, 0.05) is 38.2 Å². The predicted octanol–water partition coefficient (Wildman–Crippen LogP) is 3.54. The van der Waals surface area contributed by atoms with E-state index in [4.69, 9.17) is 4.74 Å². The Balaban J connectivity index is 1.62. The number of methoxy groups -OCH3 is 1. The SMILES string of the molecule is CCn1ncc2c(NCc3ccc(OC)c(F)c3)c(C(=O)NCc3ccncc3)cnc21. The summed E-state index contributed by atoms with van der Waals surface area (Å²) in [5.74, 6) is -0.537. The first kappa shape index (κ1) is 21.2. The van der Waals surface area contributed by atoms with Gasteiger partial charge in [-0.2, -0.15) is 5.10 Å². The highest BCUT2D eigenvalue weighted by Gasteiger charge is 2.18. The van der Waals surface area contributed by atoms with Crippen molar-refractivity contribution in [2.45, 2.75) is 26.6 Å². The topological polar surface area (TPSA) is 94.0 Å². The monoisotopic (exact) mass is 434 g/mol. The van der Waals surface area contributed by atoms with Gasteiger partial charge in [-0.25, -0.2) is 14.1 Å². The van der Waals surface area contributed by atoms with Crippen LogP contribution in [0.2, 0.25) is 0 Å². The normalized spacial score (nSPS) is 10.8. The van der Waals surface area contributed by atoms with E-state index in [9.17, 15) is 9.18 Å². The lowest BCUT2D eigenvalue weighted by molar-refractivity contribution is 0.0951. The molecule has 9 heteroatoms. The van der Waals surface area contributed by atoms with Crippen LogP contribution in [-0.4, -0.2) is 32.8 Å². The molecule has 1 aromatic carbocycles. The lowest BCUT2D eigenvalue weighted by Crippen LogP contribution is -2.24. The summed E-state index contributed by atoms with van der Waals surface area (Å²) in [6.45, 7) is 3.28. The van der Waals surface area contributed by atoms with Crippen LogP contribution >= 0.6 is 0 Å². The molecule has 8 nitrogen and oxygen atoms in total. The van der Waals surface area contributed by atoms with Gasteiger partial charge in [0.05, 0.1) is 29.9 Å². The molecule has 0 saturated carbocycles. The van der Waals surface area contributed by atoms with E-state index in [1.54, 1.807) is 35.4 Å². The number of benzene rings is 1. The highest BCUT2D eigenvalue weighted by atomic mass is 19.1. The van der Waals surface area contributed by atoms with Gasteiger partial charge in [-0.1, -0.05) is 6.07 Å². The van der Waals surface area contributed by atoms with Gasteiger partial charge in [-0.3, -0.25) is 9.78 Å². The zero-order valence-corrected chi connectivity index (χ0v) is 17.8. The van der Waals surface area contributed by atoms with Crippen LogP contribution in [-0.2, 0) is 19.6 Å². The minimum atomic E-state index is -0.444. The lowest BCUT2D eigenvalue weighted by Gasteiger charge is -2.14. The van der Waals surface area contributed by atoms with Crippen molar-refractivity contribution in [3.8, 4) is 5.75 Å². The van der Waals surface area contributed by atoms with Crippen molar-refractivity contribution >= 4 is 22.6 Å².